The van der Waals surface area contributed by atoms with Crippen molar-refractivity contribution < 1.29 is 13.7 Å². The van der Waals surface area contributed by atoms with E-state index in [1.807, 2.05) is 4.90 Å². The van der Waals surface area contributed by atoms with Gasteiger partial charge in [0.05, 0.1) is 12.5 Å². The van der Waals surface area contributed by atoms with E-state index in [1.165, 1.54) is 18.6 Å². The van der Waals surface area contributed by atoms with Gasteiger partial charge in [-0.2, -0.15) is 4.98 Å². The van der Waals surface area contributed by atoms with Gasteiger partial charge in [0, 0.05) is 25.2 Å². The topological polar surface area (TPSA) is 62.5 Å². The van der Waals surface area contributed by atoms with Crippen LogP contribution < -0.4 is 0 Å². The molecule has 1 aromatic heterocycles. The molecule has 7 heteroatoms. The number of hydrogen-bond acceptors (Lipinski definition) is 5. The molecule has 1 atom stereocenters. The van der Waals surface area contributed by atoms with Crippen LogP contribution in [0, 0.1) is 11.7 Å². The Morgan fingerprint density at radius 2 is 1.89 bits per heavy atom. The van der Waals surface area contributed by atoms with Crippen LogP contribution in [-0.2, 0) is 11.3 Å². The van der Waals surface area contributed by atoms with Crippen LogP contribution in [0.5, 0.6) is 0 Å². The first-order chi connectivity index (χ1) is 13.2. The molecule has 6 nitrogen and oxygen atoms in total. The van der Waals surface area contributed by atoms with E-state index in [0.717, 1.165) is 57.4 Å². The standard InChI is InChI=1S/C20H25FN4O2/c21-17-8-6-15(7-9-17)19-22-18(27-23-19)14-24-10-4-5-16(13-24)20(26)25-11-2-1-3-12-25/h6-9,16H,1-5,10-14H2. The molecule has 0 spiro atoms. The van der Waals surface area contributed by atoms with Crippen molar-refractivity contribution in [3.05, 3.63) is 36.0 Å². The van der Waals surface area contributed by atoms with Crippen LogP contribution in [0.2, 0.25) is 0 Å². The molecule has 1 aromatic carbocycles. The minimum absolute atomic E-state index is 0.0661. The molecule has 2 aromatic rings. The number of nitrogens with zero attached hydrogens (tertiary/aromatic N) is 4. The second-order valence-electron chi connectivity index (χ2n) is 7.48. The fraction of sp³-hybridized carbons (Fsp3) is 0.550. The molecular formula is C20H25FN4O2. The summed E-state index contributed by atoms with van der Waals surface area (Å²) in [4.78, 5) is 21.5. The van der Waals surface area contributed by atoms with E-state index in [2.05, 4.69) is 15.0 Å². The summed E-state index contributed by atoms with van der Waals surface area (Å²) < 4.78 is 18.4. The number of carbonyl (C=O) groups excluding carboxylic acids is 1. The molecule has 3 heterocycles. The number of carbonyl (C=O) groups is 1. The number of likely N-dealkylation sites (tertiary alicyclic amines) is 2. The molecule has 1 amide bonds. The van der Waals surface area contributed by atoms with Crippen LogP contribution in [0.1, 0.15) is 38.0 Å². The summed E-state index contributed by atoms with van der Waals surface area (Å²) in [5.74, 6) is 1.07. The molecule has 0 radical (unpaired) electrons. The first kappa shape index (κ1) is 18.1. The smallest absolute Gasteiger partial charge is 0.241 e. The predicted octanol–water partition coefficient (Wildman–Crippen LogP) is 3.10. The summed E-state index contributed by atoms with van der Waals surface area (Å²) >= 11 is 0. The van der Waals surface area contributed by atoms with Gasteiger partial charge in [-0.05, 0) is 62.9 Å². The highest BCUT2D eigenvalue weighted by atomic mass is 19.1. The van der Waals surface area contributed by atoms with Crippen molar-refractivity contribution in [2.24, 2.45) is 5.92 Å². The highest BCUT2D eigenvalue weighted by Gasteiger charge is 2.30. The lowest BCUT2D eigenvalue weighted by atomic mass is 9.95. The average Bonchev–Trinajstić information content (AvgIpc) is 3.17. The van der Waals surface area contributed by atoms with Gasteiger partial charge in [0.15, 0.2) is 0 Å². The molecule has 144 valence electrons. The monoisotopic (exact) mass is 372 g/mol. The van der Waals surface area contributed by atoms with Crippen molar-refractivity contribution in [3.63, 3.8) is 0 Å². The summed E-state index contributed by atoms with van der Waals surface area (Å²) in [6.45, 7) is 4.01. The fourth-order valence-corrected chi connectivity index (χ4v) is 4.00. The minimum atomic E-state index is -0.291. The lowest BCUT2D eigenvalue weighted by Crippen LogP contribution is -2.46. The second-order valence-corrected chi connectivity index (χ2v) is 7.48. The maximum atomic E-state index is 13.1. The Morgan fingerprint density at radius 1 is 1.11 bits per heavy atom. The van der Waals surface area contributed by atoms with Crippen LogP contribution in [-0.4, -0.2) is 52.0 Å². The van der Waals surface area contributed by atoms with Gasteiger partial charge in [-0.3, -0.25) is 9.69 Å². The Labute approximate surface area is 158 Å². The molecular weight excluding hydrogens is 347 g/mol. The van der Waals surface area contributed by atoms with E-state index >= 15 is 0 Å². The van der Waals surface area contributed by atoms with Gasteiger partial charge in [-0.1, -0.05) is 5.16 Å². The number of rotatable bonds is 4. The normalized spacial score (nSPS) is 21.4. The Balaban J connectivity index is 1.36. The molecule has 27 heavy (non-hydrogen) atoms. The van der Waals surface area contributed by atoms with Crippen LogP contribution in [0.25, 0.3) is 11.4 Å². The lowest BCUT2D eigenvalue weighted by molar-refractivity contribution is -0.138. The number of halogens is 1. The summed E-state index contributed by atoms with van der Waals surface area (Å²) in [5, 5.41) is 4.00. The predicted molar refractivity (Wildman–Crippen MR) is 98.1 cm³/mol. The number of aromatic nitrogens is 2. The van der Waals surface area contributed by atoms with Gasteiger partial charge >= 0.3 is 0 Å². The van der Waals surface area contributed by atoms with Crippen LogP contribution in [0.15, 0.2) is 28.8 Å². The van der Waals surface area contributed by atoms with Crippen molar-refractivity contribution in [1.82, 2.24) is 19.9 Å². The highest BCUT2D eigenvalue weighted by molar-refractivity contribution is 5.79. The SMILES string of the molecule is O=C(C1CCCN(Cc2nc(-c3ccc(F)cc3)no2)C1)N1CCCCC1. The van der Waals surface area contributed by atoms with E-state index in [9.17, 15) is 9.18 Å². The average molecular weight is 372 g/mol. The molecule has 0 aliphatic carbocycles. The molecule has 0 N–H and O–H groups in total. The maximum absolute atomic E-state index is 13.1. The van der Waals surface area contributed by atoms with Crippen molar-refractivity contribution in [3.8, 4) is 11.4 Å². The third-order valence-electron chi connectivity index (χ3n) is 5.45. The van der Waals surface area contributed by atoms with E-state index < -0.39 is 0 Å². The molecule has 2 saturated heterocycles. The molecule has 4 rings (SSSR count). The Bertz CT molecular complexity index is 771. The highest BCUT2D eigenvalue weighted by Crippen LogP contribution is 2.23. The largest absolute Gasteiger partial charge is 0.342 e. The zero-order valence-corrected chi connectivity index (χ0v) is 15.4. The Morgan fingerprint density at radius 3 is 2.67 bits per heavy atom. The third kappa shape index (κ3) is 4.35. The van der Waals surface area contributed by atoms with Crippen LogP contribution >= 0.6 is 0 Å². The minimum Gasteiger partial charge on any atom is -0.342 e. The molecule has 0 bridgehead atoms. The second kappa shape index (κ2) is 8.17. The number of benzene rings is 1. The van der Waals surface area contributed by atoms with Gasteiger partial charge in [-0.15, -0.1) is 0 Å². The first-order valence-corrected chi connectivity index (χ1v) is 9.79. The zero-order valence-electron chi connectivity index (χ0n) is 15.4. The van der Waals surface area contributed by atoms with Gasteiger partial charge in [0.25, 0.3) is 0 Å². The van der Waals surface area contributed by atoms with Crippen molar-refractivity contribution >= 4 is 5.91 Å². The summed E-state index contributed by atoms with van der Waals surface area (Å²) in [6, 6.07) is 6.04. The summed E-state index contributed by atoms with van der Waals surface area (Å²) in [7, 11) is 0. The number of amides is 1. The van der Waals surface area contributed by atoms with E-state index in [0.29, 0.717) is 24.2 Å². The molecule has 2 aliphatic heterocycles. The summed E-state index contributed by atoms with van der Waals surface area (Å²) in [5.41, 5.74) is 0.725. The quantitative estimate of drug-likeness (QED) is 0.825. The van der Waals surface area contributed by atoms with Crippen LogP contribution in [0.3, 0.4) is 0 Å². The fourth-order valence-electron chi connectivity index (χ4n) is 4.00. The van der Waals surface area contributed by atoms with Crippen molar-refractivity contribution in [1.29, 1.82) is 0 Å². The van der Waals surface area contributed by atoms with Gasteiger partial charge in [0.2, 0.25) is 17.6 Å². The molecule has 0 saturated carbocycles. The Kier molecular flexibility index (Phi) is 5.48. The Hall–Kier alpha value is -2.28. The lowest BCUT2D eigenvalue weighted by Gasteiger charge is -2.35. The molecule has 1 unspecified atom stereocenters. The number of piperidine rings is 2. The maximum Gasteiger partial charge on any atom is 0.241 e. The van der Waals surface area contributed by atoms with Gasteiger partial charge in [0.1, 0.15) is 5.82 Å². The van der Waals surface area contributed by atoms with Crippen LogP contribution in [0.4, 0.5) is 4.39 Å². The first-order valence-electron chi connectivity index (χ1n) is 9.79. The van der Waals surface area contributed by atoms with E-state index in [4.69, 9.17) is 4.52 Å². The molecule has 2 fully saturated rings. The van der Waals surface area contributed by atoms with Gasteiger partial charge < -0.3 is 9.42 Å². The number of hydrogen-bond donors (Lipinski definition) is 0. The molecule has 2 aliphatic rings. The zero-order chi connectivity index (χ0) is 18.6. The van der Waals surface area contributed by atoms with E-state index in [-0.39, 0.29) is 11.7 Å². The summed E-state index contributed by atoms with van der Waals surface area (Å²) in [6.07, 6.45) is 5.43. The van der Waals surface area contributed by atoms with Gasteiger partial charge in [-0.25, -0.2) is 4.39 Å². The third-order valence-corrected chi connectivity index (χ3v) is 5.45. The van der Waals surface area contributed by atoms with E-state index in [1.54, 1.807) is 12.1 Å². The van der Waals surface area contributed by atoms with Crippen molar-refractivity contribution in [2.45, 2.75) is 38.6 Å². The van der Waals surface area contributed by atoms with Crippen molar-refractivity contribution in [2.75, 3.05) is 26.2 Å².